The Bertz CT molecular complexity index is 835. The van der Waals surface area contributed by atoms with Crippen LogP contribution in [-0.2, 0) is 13.0 Å². The SMILES string of the molecule is C=CCn1c(O)c(C2NCCc3ccccc32)c(=O)[nH]c1=O. The molecule has 114 valence electrons. The molecule has 1 aromatic carbocycles. The van der Waals surface area contributed by atoms with E-state index in [-0.39, 0.29) is 18.0 Å². The Balaban J connectivity index is 2.22. The Morgan fingerprint density at radius 3 is 2.91 bits per heavy atom. The number of nitrogens with zero attached hydrogens (tertiary/aromatic N) is 1. The van der Waals surface area contributed by atoms with Gasteiger partial charge in [0.05, 0.1) is 11.6 Å². The molecule has 2 aromatic rings. The van der Waals surface area contributed by atoms with Crippen LogP contribution in [0.1, 0.15) is 22.7 Å². The highest BCUT2D eigenvalue weighted by atomic mass is 16.3. The summed E-state index contributed by atoms with van der Waals surface area (Å²) in [5, 5.41) is 13.7. The number of hydrogen-bond acceptors (Lipinski definition) is 4. The van der Waals surface area contributed by atoms with E-state index >= 15 is 0 Å². The number of aromatic nitrogens is 2. The van der Waals surface area contributed by atoms with Crippen molar-refractivity contribution in [1.82, 2.24) is 14.9 Å². The molecule has 1 aliphatic heterocycles. The number of benzene rings is 1. The first-order valence-corrected chi connectivity index (χ1v) is 7.11. The second-order valence-corrected chi connectivity index (χ2v) is 5.23. The van der Waals surface area contributed by atoms with Gasteiger partial charge in [0.15, 0.2) is 0 Å². The number of aromatic amines is 1. The average Bonchev–Trinajstić information content (AvgIpc) is 2.51. The molecular weight excluding hydrogens is 282 g/mol. The van der Waals surface area contributed by atoms with Crippen LogP contribution >= 0.6 is 0 Å². The summed E-state index contributed by atoms with van der Waals surface area (Å²) in [7, 11) is 0. The van der Waals surface area contributed by atoms with Gasteiger partial charge in [0, 0.05) is 13.1 Å². The van der Waals surface area contributed by atoms with Gasteiger partial charge in [0.1, 0.15) is 0 Å². The van der Waals surface area contributed by atoms with Crippen molar-refractivity contribution in [3.8, 4) is 5.88 Å². The number of H-pyrrole nitrogens is 1. The first-order valence-electron chi connectivity index (χ1n) is 7.11. The predicted molar refractivity (Wildman–Crippen MR) is 83.2 cm³/mol. The summed E-state index contributed by atoms with van der Waals surface area (Å²) in [6.45, 7) is 4.38. The number of aromatic hydroxyl groups is 1. The van der Waals surface area contributed by atoms with E-state index in [9.17, 15) is 14.7 Å². The number of rotatable bonds is 3. The zero-order valence-electron chi connectivity index (χ0n) is 12.0. The van der Waals surface area contributed by atoms with Crippen molar-refractivity contribution in [2.45, 2.75) is 19.0 Å². The minimum Gasteiger partial charge on any atom is -0.494 e. The molecule has 6 nitrogen and oxygen atoms in total. The second-order valence-electron chi connectivity index (χ2n) is 5.23. The van der Waals surface area contributed by atoms with Gasteiger partial charge in [0.2, 0.25) is 5.88 Å². The summed E-state index contributed by atoms with van der Waals surface area (Å²) in [4.78, 5) is 26.3. The van der Waals surface area contributed by atoms with E-state index < -0.39 is 17.3 Å². The molecule has 0 aliphatic carbocycles. The summed E-state index contributed by atoms with van der Waals surface area (Å²) >= 11 is 0. The number of fused-ring (bicyclic) bond motifs is 1. The predicted octanol–water partition coefficient (Wildman–Crippen LogP) is 0.663. The van der Waals surface area contributed by atoms with E-state index in [0.29, 0.717) is 6.54 Å². The normalized spacial score (nSPS) is 17.0. The minimum atomic E-state index is -0.643. The molecular formula is C16H17N3O3. The highest BCUT2D eigenvalue weighted by Gasteiger charge is 2.27. The van der Waals surface area contributed by atoms with Crippen LogP contribution in [0.2, 0.25) is 0 Å². The van der Waals surface area contributed by atoms with Crippen molar-refractivity contribution >= 4 is 0 Å². The molecule has 0 amide bonds. The monoisotopic (exact) mass is 299 g/mol. The van der Waals surface area contributed by atoms with Crippen LogP contribution in [0.5, 0.6) is 5.88 Å². The summed E-state index contributed by atoms with van der Waals surface area (Å²) in [5.41, 5.74) is 1.02. The lowest BCUT2D eigenvalue weighted by Gasteiger charge is -2.27. The molecule has 1 aromatic heterocycles. The molecule has 0 spiro atoms. The van der Waals surface area contributed by atoms with Crippen LogP contribution in [0.15, 0.2) is 46.5 Å². The zero-order chi connectivity index (χ0) is 15.7. The molecule has 0 bridgehead atoms. The lowest BCUT2D eigenvalue weighted by molar-refractivity contribution is 0.392. The molecule has 1 unspecified atom stereocenters. The Kier molecular flexibility index (Phi) is 3.68. The topological polar surface area (TPSA) is 87.1 Å². The van der Waals surface area contributed by atoms with Gasteiger partial charge in [0.25, 0.3) is 5.56 Å². The van der Waals surface area contributed by atoms with Crippen LogP contribution < -0.4 is 16.6 Å². The van der Waals surface area contributed by atoms with Gasteiger partial charge in [-0.1, -0.05) is 30.3 Å². The van der Waals surface area contributed by atoms with Crippen molar-refractivity contribution in [3.05, 3.63) is 74.4 Å². The van der Waals surface area contributed by atoms with Crippen LogP contribution in [0, 0.1) is 0 Å². The van der Waals surface area contributed by atoms with Crippen LogP contribution in [-0.4, -0.2) is 21.2 Å². The van der Waals surface area contributed by atoms with E-state index in [1.54, 1.807) is 0 Å². The van der Waals surface area contributed by atoms with Crippen LogP contribution in [0.4, 0.5) is 0 Å². The van der Waals surface area contributed by atoms with Crippen LogP contribution in [0.25, 0.3) is 0 Å². The Labute approximate surface area is 126 Å². The van der Waals surface area contributed by atoms with Crippen molar-refractivity contribution in [3.63, 3.8) is 0 Å². The van der Waals surface area contributed by atoms with Gasteiger partial charge in [-0.05, 0) is 17.5 Å². The van der Waals surface area contributed by atoms with E-state index in [2.05, 4.69) is 16.9 Å². The molecule has 1 aliphatic rings. The molecule has 22 heavy (non-hydrogen) atoms. The molecule has 6 heteroatoms. The molecule has 0 fully saturated rings. The third-order valence-electron chi connectivity index (χ3n) is 3.92. The van der Waals surface area contributed by atoms with E-state index in [4.69, 9.17) is 0 Å². The molecule has 3 rings (SSSR count). The summed E-state index contributed by atoms with van der Waals surface area (Å²) in [6, 6.07) is 7.33. The van der Waals surface area contributed by atoms with Crippen molar-refractivity contribution in [2.75, 3.05) is 6.54 Å². The summed E-state index contributed by atoms with van der Waals surface area (Å²) in [5.74, 6) is -0.317. The first-order chi connectivity index (χ1) is 10.6. The largest absolute Gasteiger partial charge is 0.494 e. The maximum Gasteiger partial charge on any atom is 0.331 e. The maximum absolute atomic E-state index is 12.2. The standard InChI is InChI=1S/C16H17N3O3/c1-2-9-19-15(21)12(14(20)18-16(19)22)13-11-6-4-3-5-10(11)7-8-17-13/h2-6,13,17,21H,1,7-9H2,(H,18,20,22). The Morgan fingerprint density at radius 2 is 2.14 bits per heavy atom. The second kappa shape index (κ2) is 5.65. The Hall–Kier alpha value is -2.60. The van der Waals surface area contributed by atoms with E-state index in [0.717, 1.165) is 22.1 Å². The van der Waals surface area contributed by atoms with E-state index in [1.165, 1.54) is 6.08 Å². The summed E-state index contributed by atoms with van der Waals surface area (Å²) in [6.07, 6.45) is 2.35. The average molecular weight is 299 g/mol. The highest BCUT2D eigenvalue weighted by molar-refractivity contribution is 5.41. The zero-order valence-corrected chi connectivity index (χ0v) is 12.0. The van der Waals surface area contributed by atoms with E-state index in [1.807, 2.05) is 24.3 Å². The van der Waals surface area contributed by atoms with Gasteiger partial charge in [-0.15, -0.1) is 6.58 Å². The molecule has 0 radical (unpaired) electrons. The van der Waals surface area contributed by atoms with Gasteiger partial charge < -0.3 is 10.4 Å². The quantitative estimate of drug-likeness (QED) is 0.727. The molecule has 1 atom stereocenters. The van der Waals surface area contributed by atoms with Gasteiger partial charge in [-0.2, -0.15) is 0 Å². The highest BCUT2D eigenvalue weighted by Crippen LogP contribution is 2.30. The van der Waals surface area contributed by atoms with Gasteiger partial charge >= 0.3 is 5.69 Å². The van der Waals surface area contributed by atoms with Crippen molar-refractivity contribution in [2.24, 2.45) is 0 Å². The maximum atomic E-state index is 12.2. The van der Waals surface area contributed by atoms with Crippen molar-refractivity contribution < 1.29 is 5.11 Å². The Morgan fingerprint density at radius 1 is 1.36 bits per heavy atom. The van der Waals surface area contributed by atoms with Crippen LogP contribution in [0.3, 0.4) is 0 Å². The molecule has 0 saturated carbocycles. The van der Waals surface area contributed by atoms with Gasteiger partial charge in [-0.25, -0.2) is 4.79 Å². The van der Waals surface area contributed by atoms with Crippen molar-refractivity contribution in [1.29, 1.82) is 0 Å². The summed E-state index contributed by atoms with van der Waals surface area (Å²) < 4.78 is 1.10. The van der Waals surface area contributed by atoms with Gasteiger partial charge in [-0.3, -0.25) is 14.3 Å². The minimum absolute atomic E-state index is 0.128. The first kappa shape index (κ1) is 14.3. The third-order valence-corrected chi connectivity index (χ3v) is 3.92. The lowest BCUT2D eigenvalue weighted by atomic mass is 9.91. The molecule has 2 heterocycles. The fourth-order valence-corrected chi connectivity index (χ4v) is 2.90. The lowest BCUT2D eigenvalue weighted by Crippen LogP contribution is -2.38. The number of allylic oxidation sites excluding steroid dienone is 1. The number of nitrogens with one attached hydrogen (secondary N) is 2. The number of hydrogen-bond donors (Lipinski definition) is 3. The molecule has 3 N–H and O–H groups in total. The molecule has 0 saturated heterocycles. The third kappa shape index (κ3) is 2.27. The smallest absolute Gasteiger partial charge is 0.331 e. The fraction of sp³-hybridized carbons (Fsp3) is 0.250. The fourth-order valence-electron chi connectivity index (χ4n) is 2.90.